The molecule has 1 N–H and O–H groups in total. The predicted octanol–water partition coefficient (Wildman–Crippen LogP) is -2.58. The molecule has 0 unspecified atom stereocenters. The second kappa shape index (κ2) is 12.5. The predicted molar refractivity (Wildman–Crippen MR) is 67.3 cm³/mol. The average molecular weight is 267 g/mol. The van der Waals surface area contributed by atoms with Crippen LogP contribution in [0.5, 0.6) is 0 Å². The standard InChI is InChI=1S/C6H14N2.C6H12NO.K/c1-8-5-2-3-7-4-6-8;1-7-3-2-5-8-6-4-7;/h7H,2-6H2,1H3;1-6H2;/q;-1;+1. The molecule has 0 spiro atoms. The van der Waals surface area contributed by atoms with Gasteiger partial charge in [0.05, 0.1) is 6.61 Å². The quantitative estimate of drug-likeness (QED) is 0.385. The normalized spacial score (nSPS) is 23.6. The first-order valence-corrected chi connectivity index (χ1v) is 6.31. The molecule has 0 atom stereocenters. The van der Waals surface area contributed by atoms with Crippen LogP contribution in [0.4, 0.5) is 0 Å². The van der Waals surface area contributed by atoms with Crippen molar-refractivity contribution in [2.75, 3.05) is 59.5 Å². The van der Waals surface area contributed by atoms with Crippen LogP contribution >= 0.6 is 0 Å². The number of hydrogen-bond acceptors (Lipinski definition) is 4. The van der Waals surface area contributed by atoms with Gasteiger partial charge in [0, 0.05) is 19.7 Å². The number of rotatable bonds is 0. The van der Waals surface area contributed by atoms with Crippen molar-refractivity contribution in [1.82, 2.24) is 15.1 Å². The fraction of sp³-hybridized carbons (Fsp3) is 0.917. The molecular formula is C12H26KN3O. The second-order valence-electron chi connectivity index (χ2n) is 4.49. The summed E-state index contributed by atoms with van der Waals surface area (Å²) in [6.45, 7) is 8.66. The van der Waals surface area contributed by atoms with Gasteiger partial charge >= 0.3 is 51.4 Å². The average Bonchev–Trinajstić information content (AvgIpc) is 2.64. The summed E-state index contributed by atoms with van der Waals surface area (Å²) < 4.78 is 5.18. The summed E-state index contributed by atoms with van der Waals surface area (Å²) in [4.78, 5) is 4.41. The Kier molecular flexibility index (Phi) is 13.6. The summed E-state index contributed by atoms with van der Waals surface area (Å²) in [5.74, 6) is 0. The topological polar surface area (TPSA) is 27.7 Å². The monoisotopic (exact) mass is 267 g/mol. The molecule has 0 aromatic carbocycles. The van der Waals surface area contributed by atoms with E-state index in [1.807, 2.05) is 4.90 Å². The number of hydrogen-bond donors (Lipinski definition) is 1. The van der Waals surface area contributed by atoms with Crippen molar-refractivity contribution in [3.63, 3.8) is 0 Å². The zero-order valence-corrected chi connectivity index (χ0v) is 14.7. The van der Waals surface area contributed by atoms with Gasteiger partial charge in [-0.15, -0.1) is 0 Å². The molecule has 2 heterocycles. The van der Waals surface area contributed by atoms with Crippen LogP contribution in [0.2, 0.25) is 0 Å². The maximum Gasteiger partial charge on any atom is 1.00 e. The minimum atomic E-state index is 0. The van der Waals surface area contributed by atoms with Gasteiger partial charge in [-0.25, -0.2) is 0 Å². The first-order valence-electron chi connectivity index (χ1n) is 6.31. The van der Waals surface area contributed by atoms with E-state index in [-0.39, 0.29) is 51.4 Å². The fourth-order valence-electron chi connectivity index (χ4n) is 1.78. The van der Waals surface area contributed by atoms with E-state index in [2.05, 4.69) is 24.3 Å². The minimum Gasteiger partial charge on any atom is -0.457 e. The summed E-state index contributed by atoms with van der Waals surface area (Å²) in [6.07, 6.45) is 2.43. The maximum absolute atomic E-state index is 5.18. The van der Waals surface area contributed by atoms with Gasteiger partial charge in [0.25, 0.3) is 0 Å². The van der Waals surface area contributed by atoms with Crippen LogP contribution in [-0.2, 0) is 4.74 Å². The first kappa shape index (κ1) is 18.5. The summed E-state index contributed by atoms with van der Waals surface area (Å²) >= 11 is 0. The van der Waals surface area contributed by atoms with Gasteiger partial charge in [-0.05, 0) is 46.1 Å². The van der Waals surface area contributed by atoms with E-state index in [1.165, 1.54) is 26.1 Å². The third-order valence-corrected chi connectivity index (χ3v) is 2.88. The molecule has 0 saturated carbocycles. The molecule has 2 fully saturated rings. The van der Waals surface area contributed by atoms with E-state index in [4.69, 9.17) is 4.74 Å². The SMILES string of the molecule is CN1CCCNCC1.[CH2-]N1CCCOCC1.[K+]. The van der Waals surface area contributed by atoms with E-state index in [0.717, 1.165) is 39.3 Å². The Labute approximate surface area is 149 Å². The molecule has 2 saturated heterocycles. The Morgan fingerprint density at radius 3 is 2.65 bits per heavy atom. The van der Waals surface area contributed by atoms with Crippen LogP contribution in [0, 0.1) is 7.05 Å². The van der Waals surface area contributed by atoms with Crippen LogP contribution in [0.3, 0.4) is 0 Å². The summed E-state index contributed by atoms with van der Waals surface area (Å²) in [5.41, 5.74) is 0. The van der Waals surface area contributed by atoms with Crippen molar-refractivity contribution in [2.45, 2.75) is 12.8 Å². The Bertz CT molecular complexity index is 138. The molecule has 17 heavy (non-hydrogen) atoms. The summed E-state index contributed by atoms with van der Waals surface area (Å²) in [7, 11) is 5.98. The number of likely N-dealkylation sites (N-methyl/N-ethyl adjacent to an activating group) is 1. The summed E-state index contributed by atoms with van der Waals surface area (Å²) in [6, 6.07) is 0. The second-order valence-corrected chi connectivity index (χ2v) is 4.49. The Hall–Kier alpha value is 1.48. The zero-order chi connectivity index (χ0) is 11.6. The summed E-state index contributed by atoms with van der Waals surface area (Å²) in [5, 5.41) is 3.34. The van der Waals surface area contributed by atoms with Gasteiger partial charge in [-0.2, -0.15) is 0 Å². The van der Waals surface area contributed by atoms with E-state index in [0.29, 0.717) is 0 Å². The van der Waals surface area contributed by atoms with Crippen molar-refractivity contribution in [3.8, 4) is 0 Å². The molecule has 96 valence electrons. The Morgan fingerprint density at radius 2 is 1.82 bits per heavy atom. The van der Waals surface area contributed by atoms with Crippen LogP contribution in [0.15, 0.2) is 0 Å². The number of nitrogens with one attached hydrogen (secondary N) is 1. The van der Waals surface area contributed by atoms with Crippen LogP contribution in [0.25, 0.3) is 0 Å². The number of ether oxygens (including phenoxy) is 1. The minimum absolute atomic E-state index is 0. The van der Waals surface area contributed by atoms with Gasteiger partial charge in [-0.3, -0.25) is 7.05 Å². The van der Waals surface area contributed by atoms with Gasteiger partial charge < -0.3 is 19.9 Å². The smallest absolute Gasteiger partial charge is 0.457 e. The molecule has 2 aliphatic heterocycles. The van der Waals surface area contributed by atoms with Gasteiger partial charge in [0.2, 0.25) is 0 Å². The number of nitrogens with zero attached hydrogens (tertiary/aromatic N) is 2. The Morgan fingerprint density at radius 1 is 1.00 bits per heavy atom. The molecule has 0 radical (unpaired) electrons. The molecule has 0 bridgehead atoms. The zero-order valence-electron chi connectivity index (χ0n) is 11.6. The Balaban J connectivity index is 0.000000284. The largest absolute Gasteiger partial charge is 1.00 e. The van der Waals surface area contributed by atoms with Gasteiger partial charge in [-0.1, -0.05) is 0 Å². The van der Waals surface area contributed by atoms with Crippen LogP contribution < -0.4 is 56.7 Å². The molecule has 0 aliphatic carbocycles. The molecule has 0 aromatic heterocycles. The van der Waals surface area contributed by atoms with E-state index in [1.54, 1.807) is 0 Å². The van der Waals surface area contributed by atoms with Crippen molar-refractivity contribution in [1.29, 1.82) is 0 Å². The fourth-order valence-corrected chi connectivity index (χ4v) is 1.78. The molecule has 0 amide bonds. The molecule has 2 rings (SSSR count). The van der Waals surface area contributed by atoms with Gasteiger partial charge in [0.1, 0.15) is 0 Å². The van der Waals surface area contributed by atoms with Crippen LogP contribution in [0.1, 0.15) is 12.8 Å². The van der Waals surface area contributed by atoms with Crippen LogP contribution in [-0.4, -0.2) is 69.3 Å². The molecular weight excluding hydrogens is 241 g/mol. The molecule has 4 nitrogen and oxygen atoms in total. The molecule has 0 aromatic rings. The van der Waals surface area contributed by atoms with Crippen molar-refractivity contribution in [2.24, 2.45) is 0 Å². The van der Waals surface area contributed by atoms with E-state index < -0.39 is 0 Å². The van der Waals surface area contributed by atoms with Crippen molar-refractivity contribution >= 4 is 0 Å². The van der Waals surface area contributed by atoms with Crippen molar-refractivity contribution in [3.05, 3.63) is 7.05 Å². The van der Waals surface area contributed by atoms with E-state index >= 15 is 0 Å². The third-order valence-electron chi connectivity index (χ3n) is 2.88. The molecule has 2 aliphatic rings. The maximum atomic E-state index is 5.18. The third kappa shape index (κ3) is 11.0. The van der Waals surface area contributed by atoms with Crippen molar-refractivity contribution < 1.29 is 56.1 Å². The van der Waals surface area contributed by atoms with E-state index in [9.17, 15) is 0 Å². The first-order chi connectivity index (χ1) is 7.79. The van der Waals surface area contributed by atoms with Gasteiger partial charge in [0.15, 0.2) is 0 Å². The molecule has 5 heteroatoms.